The van der Waals surface area contributed by atoms with E-state index < -0.39 is 21.9 Å². The van der Waals surface area contributed by atoms with Gasteiger partial charge in [-0.1, -0.05) is 33.6 Å². The van der Waals surface area contributed by atoms with Crippen LogP contribution < -0.4 is 10.6 Å². The fourth-order valence-corrected chi connectivity index (χ4v) is 5.98. The predicted octanol–water partition coefficient (Wildman–Crippen LogP) is 4.83. The van der Waals surface area contributed by atoms with E-state index >= 15 is 0 Å². The van der Waals surface area contributed by atoms with Crippen molar-refractivity contribution in [2.24, 2.45) is 0 Å². The van der Waals surface area contributed by atoms with Gasteiger partial charge < -0.3 is 10.3 Å². The summed E-state index contributed by atoms with van der Waals surface area (Å²) in [4.78, 5) is 15.5. The number of amides is 2. The highest BCUT2D eigenvalue weighted by atomic mass is 79.9. The van der Waals surface area contributed by atoms with Crippen LogP contribution in [0.4, 0.5) is 15.0 Å². The van der Waals surface area contributed by atoms with Crippen molar-refractivity contribution in [2.45, 2.75) is 24.3 Å². The summed E-state index contributed by atoms with van der Waals surface area (Å²) in [5.41, 5.74) is 0.707. The molecule has 0 spiro atoms. The molecule has 3 N–H and O–H groups in total. The number of aromatic amines is 1. The first kappa shape index (κ1) is 22.1. The molecule has 0 atom stereocenters. The maximum absolute atomic E-state index is 13.9. The average Bonchev–Trinajstić information content (AvgIpc) is 3.36. The number of hydrogen-bond acceptors (Lipinski definition) is 3. The SMILES string of the molecule is O=C(NCc1c(F)cccc1Cl)Nc1[nH]c2ccc(Br)cc2c1S(=O)(=O)N1CCCC1. The van der Waals surface area contributed by atoms with Gasteiger partial charge in [0.05, 0.1) is 0 Å². The minimum atomic E-state index is -3.84. The van der Waals surface area contributed by atoms with Crippen molar-refractivity contribution in [3.05, 3.63) is 57.3 Å². The van der Waals surface area contributed by atoms with Gasteiger partial charge in [0.2, 0.25) is 10.0 Å². The van der Waals surface area contributed by atoms with E-state index in [1.54, 1.807) is 18.2 Å². The van der Waals surface area contributed by atoms with Crippen LogP contribution >= 0.6 is 27.5 Å². The summed E-state index contributed by atoms with van der Waals surface area (Å²) in [5, 5.41) is 5.74. The van der Waals surface area contributed by atoms with Crippen LogP contribution in [0, 0.1) is 5.82 Å². The summed E-state index contributed by atoms with van der Waals surface area (Å²) in [6.07, 6.45) is 1.58. The van der Waals surface area contributed by atoms with Crippen LogP contribution in [0.3, 0.4) is 0 Å². The standard InChI is InChI=1S/C20H19BrClFN4O3S/c21-12-6-7-17-13(10-12)18(31(29,30)27-8-1-2-9-27)19(25-17)26-20(28)24-11-14-15(22)4-3-5-16(14)23/h3-7,10,25H,1-2,8-9,11H2,(H2,24,26,28). The highest BCUT2D eigenvalue weighted by molar-refractivity contribution is 9.10. The number of carbonyl (C=O) groups excluding carboxylic acids is 1. The summed E-state index contributed by atoms with van der Waals surface area (Å²) in [6, 6.07) is 8.74. The molecule has 1 aliphatic rings. The van der Waals surface area contributed by atoms with Crippen molar-refractivity contribution in [2.75, 3.05) is 18.4 Å². The Hall–Kier alpha value is -2.14. The molecule has 2 heterocycles. The number of rotatable bonds is 5. The Morgan fingerprint density at radius 3 is 2.68 bits per heavy atom. The van der Waals surface area contributed by atoms with E-state index in [4.69, 9.17) is 11.6 Å². The lowest BCUT2D eigenvalue weighted by Gasteiger charge is -2.17. The van der Waals surface area contributed by atoms with E-state index in [-0.39, 0.29) is 27.8 Å². The fraction of sp³-hybridized carbons (Fsp3) is 0.250. The first-order valence-corrected chi connectivity index (χ1v) is 12.2. The summed E-state index contributed by atoms with van der Waals surface area (Å²) in [6.45, 7) is 0.707. The van der Waals surface area contributed by atoms with Crippen LogP contribution in [0.2, 0.25) is 5.02 Å². The molecular formula is C20H19BrClFN4O3S. The number of fused-ring (bicyclic) bond motifs is 1. The Morgan fingerprint density at radius 1 is 1.23 bits per heavy atom. The molecule has 31 heavy (non-hydrogen) atoms. The molecule has 1 fully saturated rings. The molecule has 0 unspecified atom stereocenters. The van der Waals surface area contributed by atoms with Gasteiger partial charge in [-0.15, -0.1) is 0 Å². The lowest BCUT2D eigenvalue weighted by Crippen LogP contribution is -2.31. The number of nitrogens with zero attached hydrogens (tertiary/aromatic N) is 1. The van der Waals surface area contributed by atoms with Gasteiger partial charge in [0.1, 0.15) is 16.5 Å². The zero-order chi connectivity index (χ0) is 22.2. The van der Waals surface area contributed by atoms with Gasteiger partial charge in [0.15, 0.2) is 0 Å². The van der Waals surface area contributed by atoms with Crippen molar-refractivity contribution < 1.29 is 17.6 Å². The number of hydrogen-bond donors (Lipinski definition) is 3. The molecule has 3 aromatic rings. The molecule has 4 rings (SSSR count). The van der Waals surface area contributed by atoms with Crippen LogP contribution in [-0.4, -0.2) is 36.8 Å². The maximum Gasteiger partial charge on any atom is 0.320 e. The highest BCUT2D eigenvalue weighted by Crippen LogP contribution is 2.35. The van der Waals surface area contributed by atoms with Gasteiger partial charge in [0, 0.05) is 45.6 Å². The first-order chi connectivity index (χ1) is 14.8. The van der Waals surface area contributed by atoms with Crippen molar-refractivity contribution in [1.82, 2.24) is 14.6 Å². The number of nitrogens with one attached hydrogen (secondary N) is 3. The largest absolute Gasteiger partial charge is 0.340 e. The second kappa shape index (κ2) is 8.78. The Kier molecular flexibility index (Phi) is 6.25. The monoisotopic (exact) mass is 528 g/mol. The summed E-state index contributed by atoms with van der Waals surface area (Å²) in [7, 11) is -3.84. The van der Waals surface area contributed by atoms with Gasteiger partial charge in [-0.2, -0.15) is 4.31 Å². The third kappa shape index (κ3) is 4.43. The third-order valence-corrected chi connectivity index (χ3v) is 7.93. The zero-order valence-corrected chi connectivity index (χ0v) is 19.4. The lowest BCUT2D eigenvalue weighted by atomic mass is 10.2. The van der Waals surface area contributed by atoms with Crippen molar-refractivity contribution in [3.8, 4) is 0 Å². The van der Waals surface area contributed by atoms with Crippen molar-refractivity contribution in [1.29, 1.82) is 0 Å². The molecule has 0 saturated carbocycles. The van der Waals surface area contributed by atoms with Gasteiger partial charge in [-0.25, -0.2) is 17.6 Å². The minimum absolute atomic E-state index is 0.00442. The van der Waals surface area contributed by atoms with Gasteiger partial charge in [0.25, 0.3) is 0 Å². The Bertz CT molecular complexity index is 1240. The molecule has 11 heteroatoms. The van der Waals surface area contributed by atoms with Crippen LogP contribution in [0.15, 0.2) is 45.8 Å². The first-order valence-electron chi connectivity index (χ1n) is 9.56. The summed E-state index contributed by atoms with van der Waals surface area (Å²) < 4.78 is 42.8. The molecule has 1 saturated heterocycles. The Morgan fingerprint density at radius 2 is 1.97 bits per heavy atom. The van der Waals surface area contributed by atoms with E-state index in [1.807, 2.05) is 0 Å². The van der Waals surface area contributed by atoms with Gasteiger partial charge in [-0.3, -0.25) is 5.32 Å². The van der Waals surface area contributed by atoms with Crippen LogP contribution in [0.1, 0.15) is 18.4 Å². The number of aromatic nitrogens is 1. The van der Waals surface area contributed by atoms with E-state index in [0.717, 1.165) is 12.8 Å². The molecule has 7 nitrogen and oxygen atoms in total. The normalized spacial score (nSPS) is 14.8. The molecular weight excluding hydrogens is 511 g/mol. The molecule has 0 aliphatic carbocycles. The fourth-order valence-electron chi connectivity index (χ4n) is 3.58. The molecule has 0 radical (unpaired) electrons. The van der Waals surface area contributed by atoms with Crippen molar-refractivity contribution in [3.63, 3.8) is 0 Å². The zero-order valence-electron chi connectivity index (χ0n) is 16.2. The van der Waals surface area contributed by atoms with Gasteiger partial charge in [-0.05, 0) is 43.2 Å². The molecule has 1 aliphatic heterocycles. The second-order valence-electron chi connectivity index (χ2n) is 7.14. The number of anilines is 1. The van der Waals surface area contributed by atoms with E-state index in [1.165, 1.54) is 22.5 Å². The highest BCUT2D eigenvalue weighted by Gasteiger charge is 2.33. The summed E-state index contributed by atoms with van der Waals surface area (Å²) >= 11 is 9.36. The molecule has 2 amide bonds. The maximum atomic E-state index is 13.9. The van der Waals surface area contributed by atoms with E-state index in [9.17, 15) is 17.6 Å². The van der Waals surface area contributed by atoms with E-state index in [2.05, 4.69) is 31.5 Å². The van der Waals surface area contributed by atoms with E-state index in [0.29, 0.717) is 28.5 Å². The topological polar surface area (TPSA) is 94.3 Å². The molecule has 164 valence electrons. The smallest absolute Gasteiger partial charge is 0.320 e. The number of carbonyl (C=O) groups is 1. The van der Waals surface area contributed by atoms with Crippen LogP contribution in [0.5, 0.6) is 0 Å². The number of H-pyrrole nitrogens is 1. The van der Waals surface area contributed by atoms with Crippen LogP contribution in [0.25, 0.3) is 10.9 Å². The van der Waals surface area contributed by atoms with Gasteiger partial charge >= 0.3 is 6.03 Å². The third-order valence-electron chi connectivity index (χ3n) is 5.10. The average molecular weight is 530 g/mol. The Labute approximate surface area is 192 Å². The minimum Gasteiger partial charge on any atom is -0.340 e. The number of halogens is 3. The predicted molar refractivity (Wildman–Crippen MR) is 121 cm³/mol. The number of urea groups is 1. The van der Waals surface area contributed by atoms with Crippen LogP contribution in [-0.2, 0) is 16.6 Å². The molecule has 2 aromatic carbocycles. The quantitative estimate of drug-likeness (QED) is 0.442. The molecule has 0 bridgehead atoms. The Balaban J connectivity index is 1.65. The number of benzene rings is 2. The van der Waals surface area contributed by atoms with Crippen molar-refractivity contribution >= 4 is 60.3 Å². The lowest BCUT2D eigenvalue weighted by molar-refractivity contribution is 0.251. The second-order valence-corrected chi connectivity index (χ2v) is 10.3. The molecule has 1 aromatic heterocycles. The number of sulfonamides is 1. The summed E-state index contributed by atoms with van der Waals surface area (Å²) in [5.74, 6) is -0.488.